The summed E-state index contributed by atoms with van der Waals surface area (Å²) in [7, 11) is 0. The van der Waals surface area contributed by atoms with Crippen molar-refractivity contribution in [2.24, 2.45) is 17.3 Å². The molecule has 126 valence electrons. The zero-order valence-electron chi connectivity index (χ0n) is 13.7. The minimum absolute atomic E-state index is 0. The summed E-state index contributed by atoms with van der Waals surface area (Å²) in [5.74, 6) is 2.02. The SMILES string of the molecule is Cl.O=C(N1CC[C@@H]2CNC[C@@H]2CC1)C1(Cc2ccccc2)CC1. The molecule has 2 heterocycles. The van der Waals surface area contributed by atoms with Gasteiger partial charge in [0.25, 0.3) is 0 Å². The summed E-state index contributed by atoms with van der Waals surface area (Å²) in [5.41, 5.74) is 1.24. The number of hydrogen-bond donors (Lipinski definition) is 1. The monoisotopic (exact) mass is 334 g/mol. The third kappa shape index (κ3) is 3.41. The lowest BCUT2D eigenvalue weighted by molar-refractivity contribution is -0.137. The zero-order valence-corrected chi connectivity index (χ0v) is 14.5. The van der Waals surface area contributed by atoms with Crippen LogP contribution in [0.3, 0.4) is 0 Å². The average molecular weight is 335 g/mol. The number of nitrogens with zero attached hydrogens (tertiary/aromatic N) is 1. The average Bonchev–Trinajstić information content (AvgIpc) is 3.24. The number of carbonyl (C=O) groups is 1. The Morgan fingerprint density at radius 1 is 1.09 bits per heavy atom. The number of likely N-dealkylation sites (tertiary alicyclic amines) is 1. The number of hydrogen-bond acceptors (Lipinski definition) is 2. The van der Waals surface area contributed by atoms with Gasteiger partial charge < -0.3 is 10.2 Å². The Hall–Kier alpha value is -1.06. The summed E-state index contributed by atoms with van der Waals surface area (Å²) in [4.78, 5) is 15.3. The summed E-state index contributed by atoms with van der Waals surface area (Å²) in [6, 6.07) is 10.5. The highest BCUT2D eigenvalue weighted by atomic mass is 35.5. The van der Waals surface area contributed by atoms with Crippen molar-refractivity contribution < 1.29 is 4.79 Å². The highest BCUT2D eigenvalue weighted by Crippen LogP contribution is 2.50. The van der Waals surface area contributed by atoms with Gasteiger partial charge in [0.05, 0.1) is 5.41 Å². The summed E-state index contributed by atoms with van der Waals surface area (Å²) < 4.78 is 0. The summed E-state index contributed by atoms with van der Waals surface area (Å²) in [5, 5.41) is 3.51. The number of fused-ring (bicyclic) bond motifs is 1. The van der Waals surface area contributed by atoms with Gasteiger partial charge in [-0.1, -0.05) is 30.3 Å². The number of rotatable bonds is 3. The van der Waals surface area contributed by atoms with Gasteiger partial charge in [-0.15, -0.1) is 12.4 Å². The molecule has 1 aromatic rings. The Balaban J connectivity index is 0.00000156. The van der Waals surface area contributed by atoms with E-state index in [4.69, 9.17) is 0 Å². The first-order chi connectivity index (χ1) is 10.8. The van der Waals surface area contributed by atoms with Crippen LogP contribution in [0.4, 0.5) is 0 Å². The molecule has 4 rings (SSSR count). The second-order valence-corrected chi connectivity index (χ2v) is 7.49. The fourth-order valence-corrected chi connectivity index (χ4v) is 4.36. The fourth-order valence-electron chi connectivity index (χ4n) is 4.36. The van der Waals surface area contributed by atoms with Gasteiger partial charge in [-0.25, -0.2) is 0 Å². The van der Waals surface area contributed by atoms with Crippen LogP contribution in [0, 0.1) is 17.3 Å². The third-order valence-electron chi connectivity index (χ3n) is 6.00. The van der Waals surface area contributed by atoms with E-state index in [0.717, 1.165) is 57.3 Å². The van der Waals surface area contributed by atoms with Crippen LogP contribution in [0.5, 0.6) is 0 Å². The maximum atomic E-state index is 13.1. The first kappa shape index (κ1) is 16.8. The van der Waals surface area contributed by atoms with Crippen LogP contribution >= 0.6 is 12.4 Å². The quantitative estimate of drug-likeness (QED) is 0.921. The Morgan fingerprint density at radius 3 is 2.26 bits per heavy atom. The van der Waals surface area contributed by atoms with Crippen molar-refractivity contribution >= 4 is 18.3 Å². The van der Waals surface area contributed by atoms with Crippen molar-refractivity contribution in [2.75, 3.05) is 26.2 Å². The van der Waals surface area contributed by atoms with Gasteiger partial charge in [-0.2, -0.15) is 0 Å². The molecule has 0 radical (unpaired) electrons. The predicted octanol–water partition coefficient (Wildman–Crippen LogP) is 2.89. The van der Waals surface area contributed by atoms with Gasteiger partial charge in [0, 0.05) is 13.1 Å². The van der Waals surface area contributed by atoms with E-state index in [1.54, 1.807) is 0 Å². The summed E-state index contributed by atoms with van der Waals surface area (Å²) in [6.07, 6.45) is 5.45. The molecule has 3 aliphatic rings. The molecule has 3 nitrogen and oxygen atoms in total. The third-order valence-corrected chi connectivity index (χ3v) is 6.00. The predicted molar refractivity (Wildman–Crippen MR) is 94.7 cm³/mol. The molecule has 4 heteroatoms. The minimum atomic E-state index is -0.0704. The Bertz CT molecular complexity index is 530. The van der Waals surface area contributed by atoms with E-state index in [9.17, 15) is 4.79 Å². The minimum Gasteiger partial charge on any atom is -0.342 e. The number of halogens is 1. The fraction of sp³-hybridized carbons (Fsp3) is 0.632. The van der Waals surface area contributed by atoms with Crippen LogP contribution in [-0.4, -0.2) is 37.0 Å². The standard InChI is InChI=1S/C19H26N2O.ClH/c22-18(19(8-9-19)12-15-4-2-1-3-5-15)21-10-6-16-13-20-14-17(16)7-11-21;/h1-5,16-17,20H,6-14H2;1H/t16-,17+;. The summed E-state index contributed by atoms with van der Waals surface area (Å²) in [6.45, 7) is 4.25. The number of nitrogens with one attached hydrogen (secondary N) is 1. The first-order valence-corrected chi connectivity index (χ1v) is 8.81. The van der Waals surface area contributed by atoms with Crippen LogP contribution in [0.25, 0.3) is 0 Å². The van der Waals surface area contributed by atoms with E-state index in [-0.39, 0.29) is 17.8 Å². The molecule has 1 amide bonds. The van der Waals surface area contributed by atoms with Crippen molar-refractivity contribution in [3.63, 3.8) is 0 Å². The highest BCUT2D eigenvalue weighted by Gasteiger charge is 2.51. The molecular weight excluding hydrogens is 308 g/mol. The van der Waals surface area contributed by atoms with E-state index in [0.29, 0.717) is 5.91 Å². The largest absolute Gasteiger partial charge is 0.342 e. The molecule has 0 unspecified atom stereocenters. The van der Waals surface area contributed by atoms with E-state index in [1.165, 1.54) is 18.4 Å². The van der Waals surface area contributed by atoms with E-state index < -0.39 is 0 Å². The van der Waals surface area contributed by atoms with Crippen LogP contribution in [0.2, 0.25) is 0 Å². The molecule has 2 atom stereocenters. The number of carbonyl (C=O) groups excluding carboxylic acids is 1. The molecule has 2 aliphatic heterocycles. The second-order valence-electron chi connectivity index (χ2n) is 7.49. The van der Waals surface area contributed by atoms with Crippen molar-refractivity contribution in [3.8, 4) is 0 Å². The molecule has 1 N–H and O–H groups in total. The van der Waals surface area contributed by atoms with E-state index in [1.807, 2.05) is 6.07 Å². The molecule has 0 bridgehead atoms. The van der Waals surface area contributed by atoms with Gasteiger partial charge in [0.2, 0.25) is 5.91 Å². The van der Waals surface area contributed by atoms with E-state index >= 15 is 0 Å². The van der Waals surface area contributed by atoms with Crippen molar-refractivity contribution in [2.45, 2.75) is 32.1 Å². The van der Waals surface area contributed by atoms with Gasteiger partial charge in [-0.05, 0) is 62.6 Å². The number of benzene rings is 1. The number of amides is 1. The zero-order chi connectivity index (χ0) is 15.0. The normalized spacial score (nSPS) is 28.4. The van der Waals surface area contributed by atoms with Gasteiger partial charge in [-0.3, -0.25) is 4.79 Å². The summed E-state index contributed by atoms with van der Waals surface area (Å²) >= 11 is 0. The lowest BCUT2D eigenvalue weighted by Crippen LogP contribution is -2.39. The Kier molecular flexibility index (Phi) is 4.98. The maximum Gasteiger partial charge on any atom is 0.229 e. The van der Waals surface area contributed by atoms with Crippen LogP contribution in [0.1, 0.15) is 31.2 Å². The molecule has 23 heavy (non-hydrogen) atoms. The smallest absolute Gasteiger partial charge is 0.229 e. The van der Waals surface area contributed by atoms with Crippen molar-refractivity contribution in [1.82, 2.24) is 10.2 Å². The molecule has 0 aromatic heterocycles. The molecule has 3 fully saturated rings. The topological polar surface area (TPSA) is 32.3 Å². The lowest BCUT2D eigenvalue weighted by atomic mass is 9.92. The Morgan fingerprint density at radius 2 is 1.70 bits per heavy atom. The Labute approximate surface area is 145 Å². The van der Waals surface area contributed by atoms with Crippen molar-refractivity contribution in [1.29, 1.82) is 0 Å². The first-order valence-electron chi connectivity index (χ1n) is 8.81. The molecule has 1 saturated carbocycles. The van der Waals surface area contributed by atoms with Gasteiger partial charge in [0.1, 0.15) is 0 Å². The maximum absolute atomic E-state index is 13.1. The molecular formula is C19H27ClN2O. The second kappa shape index (κ2) is 6.82. The lowest BCUT2D eigenvalue weighted by Gasteiger charge is -2.26. The van der Waals surface area contributed by atoms with Crippen LogP contribution < -0.4 is 5.32 Å². The van der Waals surface area contributed by atoms with E-state index in [2.05, 4.69) is 34.5 Å². The molecule has 1 aliphatic carbocycles. The molecule has 1 aromatic carbocycles. The molecule has 0 spiro atoms. The van der Waals surface area contributed by atoms with Crippen LogP contribution in [-0.2, 0) is 11.2 Å². The molecule has 2 saturated heterocycles. The van der Waals surface area contributed by atoms with Crippen molar-refractivity contribution in [3.05, 3.63) is 35.9 Å². The van der Waals surface area contributed by atoms with Crippen LogP contribution in [0.15, 0.2) is 30.3 Å². The van der Waals surface area contributed by atoms with Gasteiger partial charge >= 0.3 is 0 Å². The highest BCUT2D eigenvalue weighted by molar-refractivity contribution is 5.86. The van der Waals surface area contributed by atoms with Gasteiger partial charge in [0.15, 0.2) is 0 Å².